The molecule has 0 bridgehead atoms. The van der Waals surface area contributed by atoms with Gasteiger partial charge in [0.15, 0.2) is 0 Å². The first-order valence-electron chi connectivity index (χ1n) is 6.39. The van der Waals surface area contributed by atoms with Gasteiger partial charge in [0.1, 0.15) is 0 Å². The van der Waals surface area contributed by atoms with Crippen LogP contribution >= 0.6 is 22.9 Å². The Balaban J connectivity index is 1.99. The molecule has 1 aliphatic rings. The van der Waals surface area contributed by atoms with E-state index < -0.39 is 0 Å². The largest absolute Gasteiger partial charge is 0.378 e. The standard InChI is InChI=1S/C13H20ClNOS/c1-2-6-15-12(9-10-4-3-7-16-10)13-11(14)5-8-17-13/h5,8,10,12,15H,2-4,6-7,9H2,1H3. The normalized spacial score (nSPS) is 21.9. The fourth-order valence-electron chi connectivity index (χ4n) is 2.25. The van der Waals surface area contributed by atoms with E-state index in [1.54, 1.807) is 11.3 Å². The average molecular weight is 274 g/mol. The smallest absolute Gasteiger partial charge is 0.0594 e. The van der Waals surface area contributed by atoms with E-state index in [-0.39, 0.29) is 0 Å². The maximum atomic E-state index is 6.23. The molecule has 0 aliphatic carbocycles. The highest BCUT2D eigenvalue weighted by molar-refractivity contribution is 7.10. The van der Waals surface area contributed by atoms with Crippen LogP contribution in [0, 0.1) is 0 Å². The summed E-state index contributed by atoms with van der Waals surface area (Å²) in [6.45, 7) is 4.14. The van der Waals surface area contributed by atoms with E-state index in [0.717, 1.165) is 31.0 Å². The van der Waals surface area contributed by atoms with E-state index in [9.17, 15) is 0 Å². The molecule has 1 aromatic heterocycles. The van der Waals surface area contributed by atoms with Crippen LogP contribution in [-0.4, -0.2) is 19.3 Å². The van der Waals surface area contributed by atoms with Crippen LogP contribution in [0.1, 0.15) is 43.5 Å². The molecule has 1 aliphatic heterocycles. The topological polar surface area (TPSA) is 21.3 Å². The molecule has 0 radical (unpaired) electrons. The number of rotatable bonds is 6. The zero-order valence-electron chi connectivity index (χ0n) is 10.2. The van der Waals surface area contributed by atoms with Crippen molar-refractivity contribution < 1.29 is 4.74 Å². The van der Waals surface area contributed by atoms with E-state index in [1.165, 1.54) is 17.7 Å². The molecular formula is C13H20ClNOS. The van der Waals surface area contributed by atoms with Gasteiger partial charge in [-0.1, -0.05) is 18.5 Å². The van der Waals surface area contributed by atoms with Gasteiger partial charge in [0.05, 0.1) is 11.1 Å². The predicted octanol–water partition coefficient (Wildman–Crippen LogP) is 4.01. The van der Waals surface area contributed by atoms with Gasteiger partial charge < -0.3 is 10.1 Å². The Morgan fingerprint density at radius 1 is 1.65 bits per heavy atom. The second-order valence-electron chi connectivity index (χ2n) is 4.51. The van der Waals surface area contributed by atoms with Crippen LogP contribution in [0.4, 0.5) is 0 Å². The molecule has 2 atom stereocenters. The maximum absolute atomic E-state index is 6.23. The highest BCUT2D eigenvalue weighted by atomic mass is 35.5. The molecule has 0 spiro atoms. The number of ether oxygens (including phenoxy) is 1. The summed E-state index contributed by atoms with van der Waals surface area (Å²) in [5.74, 6) is 0. The number of hydrogen-bond acceptors (Lipinski definition) is 3. The van der Waals surface area contributed by atoms with Gasteiger partial charge >= 0.3 is 0 Å². The van der Waals surface area contributed by atoms with E-state index in [4.69, 9.17) is 16.3 Å². The first-order chi connectivity index (χ1) is 8.31. The first kappa shape index (κ1) is 13.3. The van der Waals surface area contributed by atoms with Gasteiger partial charge in [0.2, 0.25) is 0 Å². The predicted molar refractivity (Wildman–Crippen MR) is 74.0 cm³/mol. The van der Waals surface area contributed by atoms with Crippen LogP contribution in [-0.2, 0) is 4.74 Å². The van der Waals surface area contributed by atoms with Crippen LogP contribution < -0.4 is 5.32 Å². The molecule has 96 valence electrons. The van der Waals surface area contributed by atoms with E-state index in [1.807, 2.05) is 6.07 Å². The van der Waals surface area contributed by atoms with Crippen LogP contribution in [0.25, 0.3) is 0 Å². The van der Waals surface area contributed by atoms with E-state index >= 15 is 0 Å². The first-order valence-corrected chi connectivity index (χ1v) is 7.65. The SMILES string of the molecule is CCCNC(CC1CCCO1)c1sccc1Cl. The monoisotopic (exact) mass is 273 g/mol. The molecular weight excluding hydrogens is 254 g/mol. The Kier molecular flexibility index (Phi) is 5.29. The zero-order valence-corrected chi connectivity index (χ0v) is 11.8. The third-order valence-corrected chi connectivity index (χ3v) is 4.60. The molecule has 17 heavy (non-hydrogen) atoms. The van der Waals surface area contributed by atoms with E-state index in [0.29, 0.717) is 12.1 Å². The van der Waals surface area contributed by atoms with Crippen molar-refractivity contribution in [3.63, 3.8) is 0 Å². The van der Waals surface area contributed by atoms with Crippen molar-refractivity contribution in [2.24, 2.45) is 0 Å². The van der Waals surface area contributed by atoms with Gasteiger partial charge in [0, 0.05) is 17.5 Å². The Morgan fingerprint density at radius 2 is 2.53 bits per heavy atom. The Bertz CT molecular complexity index is 336. The lowest BCUT2D eigenvalue weighted by Gasteiger charge is -2.21. The number of hydrogen-bond donors (Lipinski definition) is 1. The summed E-state index contributed by atoms with van der Waals surface area (Å²) in [4.78, 5) is 1.26. The number of halogens is 1. The van der Waals surface area contributed by atoms with Crippen molar-refractivity contribution in [1.82, 2.24) is 5.32 Å². The highest BCUT2D eigenvalue weighted by Crippen LogP contribution is 2.33. The second kappa shape index (κ2) is 6.74. The summed E-state index contributed by atoms with van der Waals surface area (Å²) in [6.07, 6.45) is 4.98. The Morgan fingerprint density at radius 3 is 3.12 bits per heavy atom. The van der Waals surface area contributed by atoms with Crippen LogP contribution in [0.15, 0.2) is 11.4 Å². The summed E-state index contributed by atoms with van der Waals surface area (Å²) in [5.41, 5.74) is 0. The van der Waals surface area contributed by atoms with Crippen molar-refractivity contribution in [3.8, 4) is 0 Å². The lowest BCUT2D eigenvalue weighted by molar-refractivity contribution is 0.0949. The lowest BCUT2D eigenvalue weighted by atomic mass is 10.1. The Labute approximate surface area is 112 Å². The zero-order chi connectivity index (χ0) is 12.1. The third-order valence-electron chi connectivity index (χ3n) is 3.12. The minimum atomic E-state index is 0.352. The van der Waals surface area contributed by atoms with Crippen molar-refractivity contribution in [2.45, 2.75) is 44.8 Å². The molecule has 0 aromatic carbocycles. The number of nitrogens with one attached hydrogen (secondary N) is 1. The van der Waals surface area contributed by atoms with Crippen LogP contribution in [0.5, 0.6) is 0 Å². The quantitative estimate of drug-likeness (QED) is 0.846. The summed E-state index contributed by atoms with van der Waals surface area (Å²) in [5, 5.41) is 6.54. The average Bonchev–Trinajstić information content (AvgIpc) is 2.95. The van der Waals surface area contributed by atoms with Crippen LogP contribution in [0.3, 0.4) is 0 Å². The minimum absolute atomic E-state index is 0.352. The third kappa shape index (κ3) is 3.68. The van der Waals surface area contributed by atoms with Gasteiger partial charge in [-0.05, 0) is 43.7 Å². The lowest BCUT2D eigenvalue weighted by Crippen LogP contribution is -2.25. The maximum Gasteiger partial charge on any atom is 0.0594 e. The fourth-order valence-corrected chi connectivity index (χ4v) is 3.53. The molecule has 0 saturated carbocycles. The van der Waals surface area contributed by atoms with E-state index in [2.05, 4.69) is 17.6 Å². The number of thiophene rings is 1. The van der Waals surface area contributed by atoms with Gasteiger partial charge in [-0.15, -0.1) is 11.3 Å². The highest BCUT2D eigenvalue weighted by Gasteiger charge is 2.23. The molecule has 1 fully saturated rings. The van der Waals surface area contributed by atoms with Crippen molar-refractivity contribution in [2.75, 3.05) is 13.2 Å². The van der Waals surface area contributed by atoms with Crippen molar-refractivity contribution >= 4 is 22.9 Å². The Hall–Kier alpha value is -0.0900. The van der Waals surface area contributed by atoms with Gasteiger partial charge in [-0.3, -0.25) is 0 Å². The summed E-state index contributed by atoms with van der Waals surface area (Å²) < 4.78 is 5.72. The molecule has 1 saturated heterocycles. The molecule has 0 amide bonds. The van der Waals surface area contributed by atoms with Crippen LogP contribution in [0.2, 0.25) is 5.02 Å². The molecule has 2 unspecified atom stereocenters. The summed E-state index contributed by atoms with van der Waals surface area (Å²) in [7, 11) is 0. The molecule has 2 nitrogen and oxygen atoms in total. The van der Waals surface area contributed by atoms with Gasteiger partial charge in [0.25, 0.3) is 0 Å². The molecule has 1 N–H and O–H groups in total. The molecule has 1 aromatic rings. The summed E-state index contributed by atoms with van der Waals surface area (Å²) >= 11 is 7.97. The molecule has 2 heterocycles. The minimum Gasteiger partial charge on any atom is -0.378 e. The van der Waals surface area contributed by atoms with Crippen molar-refractivity contribution in [3.05, 3.63) is 21.3 Å². The molecule has 4 heteroatoms. The van der Waals surface area contributed by atoms with Gasteiger partial charge in [-0.25, -0.2) is 0 Å². The fraction of sp³-hybridized carbons (Fsp3) is 0.692. The summed E-state index contributed by atoms with van der Waals surface area (Å²) in [6, 6.07) is 2.34. The second-order valence-corrected chi connectivity index (χ2v) is 5.87. The molecule has 2 rings (SSSR count). The van der Waals surface area contributed by atoms with Gasteiger partial charge in [-0.2, -0.15) is 0 Å². The van der Waals surface area contributed by atoms with Crippen molar-refractivity contribution in [1.29, 1.82) is 0 Å².